The number of aliphatic hydroxyl groups excluding tert-OH is 1. The summed E-state index contributed by atoms with van der Waals surface area (Å²) in [5.41, 5.74) is 1.28. The van der Waals surface area contributed by atoms with Gasteiger partial charge >= 0.3 is 0 Å². The van der Waals surface area contributed by atoms with E-state index in [1.54, 1.807) is 0 Å². The van der Waals surface area contributed by atoms with E-state index in [0.717, 1.165) is 0 Å². The Morgan fingerprint density at radius 1 is 1.06 bits per heavy atom. The van der Waals surface area contributed by atoms with Crippen LogP contribution < -0.4 is 0 Å². The lowest BCUT2D eigenvalue weighted by atomic mass is 9.82. The van der Waals surface area contributed by atoms with Crippen LogP contribution in [0.4, 0.5) is 0 Å². The second-order valence-corrected chi connectivity index (χ2v) is 4.73. The third-order valence-electron chi connectivity index (χ3n) is 3.51. The normalized spacial score (nSPS) is 26.1. The average Bonchev–Trinajstić information content (AvgIpc) is 2.38. The van der Waals surface area contributed by atoms with Crippen LogP contribution in [-0.2, 0) is 0 Å². The Bertz CT molecular complexity index is 321. The number of benzene rings is 1. The first-order chi connectivity index (χ1) is 7.88. The molecule has 0 spiro atoms. The molecule has 16 heavy (non-hydrogen) atoms. The van der Waals surface area contributed by atoms with Gasteiger partial charge in [-0.05, 0) is 43.1 Å². The SMILES string of the molecule is OC[C@H]1CC[C@H](C=Cc2ccccc2)CC1. The van der Waals surface area contributed by atoms with Crippen LogP contribution in [0.25, 0.3) is 6.08 Å². The molecule has 0 heterocycles. The summed E-state index contributed by atoms with van der Waals surface area (Å²) in [5, 5.41) is 9.07. The van der Waals surface area contributed by atoms with E-state index < -0.39 is 0 Å². The van der Waals surface area contributed by atoms with Crippen LogP contribution in [0.1, 0.15) is 31.2 Å². The van der Waals surface area contributed by atoms with Crippen molar-refractivity contribution in [1.29, 1.82) is 0 Å². The van der Waals surface area contributed by atoms with Gasteiger partial charge in [-0.3, -0.25) is 0 Å². The molecular formula is C15H20O. The van der Waals surface area contributed by atoms with Crippen LogP contribution in [0.15, 0.2) is 36.4 Å². The van der Waals surface area contributed by atoms with Crippen molar-refractivity contribution in [2.24, 2.45) is 11.8 Å². The molecule has 0 radical (unpaired) electrons. The molecular weight excluding hydrogens is 196 g/mol. The summed E-state index contributed by atoms with van der Waals surface area (Å²) in [7, 11) is 0. The Balaban J connectivity index is 1.85. The van der Waals surface area contributed by atoms with Gasteiger partial charge in [0.2, 0.25) is 0 Å². The van der Waals surface area contributed by atoms with E-state index in [1.165, 1.54) is 31.2 Å². The van der Waals surface area contributed by atoms with E-state index in [2.05, 4.69) is 36.4 Å². The van der Waals surface area contributed by atoms with Crippen LogP contribution in [0.2, 0.25) is 0 Å². The zero-order chi connectivity index (χ0) is 11.2. The minimum absolute atomic E-state index is 0.370. The molecule has 1 aromatic rings. The fraction of sp³-hybridized carbons (Fsp3) is 0.467. The van der Waals surface area contributed by atoms with Crippen LogP contribution in [0, 0.1) is 11.8 Å². The minimum Gasteiger partial charge on any atom is -0.396 e. The number of hydrogen-bond acceptors (Lipinski definition) is 1. The van der Waals surface area contributed by atoms with Gasteiger partial charge in [-0.25, -0.2) is 0 Å². The summed E-state index contributed by atoms with van der Waals surface area (Å²) >= 11 is 0. The van der Waals surface area contributed by atoms with E-state index in [4.69, 9.17) is 5.11 Å². The number of allylic oxidation sites excluding steroid dienone is 1. The van der Waals surface area contributed by atoms with Crippen molar-refractivity contribution in [1.82, 2.24) is 0 Å². The summed E-state index contributed by atoms with van der Waals surface area (Å²) in [5.74, 6) is 1.27. The fourth-order valence-corrected chi connectivity index (χ4v) is 2.37. The minimum atomic E-state index is 0.370. The molecule has 0 amide bonds. The number of hydrogen-bond donors (Lipinski definition) is 1. The monoisotopic (exact) mass is 216 g/mol. The molecule has 0 aliphatic heterocycles. The smallest absolute Gasteiger partial charge is 0.0459 e. The predicted molar refractivity (Wildman–Crippen MR) is 68.0 cm³/mol. The second kappa shape index (κ2) is 5.86. The van der Waals surface area contributed by atoms with Crippen LogP contribution >= 0.6 is 0 Å². The molecule has 1 aliphatic carbocycles. The molecule has 1 saturated carbocycles. The Morgan fingerprint density at radius 2 is 1.75 bits per heavy atom. The summed E-state index contributed by atoms with van der Waals surface area (Å²) in [6, 6.07) is 10.5. The first kappa shape index (κ1) is 11.4. The molecule has 86 valence electrons. The maximum Gasteiger partial charge on any atom is 0.0459 e. The van der Waals surface area contributed by atoms with Crippen LogP contribution in [0.5, 0.6) is 0 Å². The lowest BCUT2D eigenvalue weighted by molar-refractivity contribution is 0.178. The van der Waals surface area contributed by atoms with Crippen molar-refractivity contribution in [3.05, 3.63) is 42.0 Å². The maximum atomic E-state index is 9.07. The van der Waals surface area contributed by atoms with Gasteiger partial charge in [-0.2, -0.15) is 0 Å². The lowest BCUT2D eigenvalue weighted by Gasteiger charge is -2.25. The highest BCUT2D eigenvalue weighted by Crippen LogP contribution is 2.29. The molecule has 0 atom stereocenters. The van der Waals surface area contributed by atoms with E-state index >= 15 is 0 Å². The zero-order valence-corrected chi connectivity index (χ0v) is 9.68. The predicted octanol–water partition coefficient (Wildman–Crippen LogP) is 3.50. The Hall–Kier alpha value is -1.08. The molecule has 1 aromatic carbocycles. The van der Waals surface area contributed by atoms with Gasteiger partial charge in [0.1, 0.15) is 0 Å². The highest BCUT2D eigenvalue weighted by molar-refractivity contribution is 5.48. The van der Waals surface area contributed by atoms with Gasteiger partial charge in [0.25, 0.3) is 0 Å². The lowest BCUT2D eigenvalue weighted by Crippen LogP contribution is -2.15. The van der Waals surface area contributed by atoms with Crippen molar-refractivity contribution in [2.45, 2.75) is 25.7 Å². The van der Waals surface area contributed by atoms with Crippen molar-refractivity contribution in [3.8, 4) is 0 Å². The molecule has 1 fully saturated rings. The molecule has 0 saturated heterocycles. The first-order valence-electron chi connectivity index (χ1n) is 6.22. The standard InChI is InChI=1S/C15H20O/c16-12-15-10-8-14(9-11-15)7-6-13-4-2-1-3-5-13/h1-7,14-16H,8-12H2/t14-,15-. The fourth-order valence-electron chi connectivity index (χ4n) is 2.37. The maximum absolute atomic E-state index is 9.07. The van der Waals surface area contributed by atoms with Crippen LogP contribution in [-0.4, -0.2) is 11.7 Å². The van der Waals surface area contributed by atoms with E-state index in [9.17, 15) is 0 Å². The zero-order valence-electron chi connectivity index (χ0n) is 9.68. The van der Waals surface area contributed by atoms with E-state index in [-0.39, 0.29) is 0 Å². The third kappa shape index (κ3) is 3.21. The Kier molecular flexibility index (Phi) is 4.17. The molecule has 0 aromatic heterocycles. The summed E-state index contributed by atoms with van der Waals surface area (Å²) in [4.78, 5) is 0. The highest BCUT2D eigenvalue weighted by atomic mass is 16.3. The van der Waals surface area contributed by atoms with Crippen LogP contribution in [0.3, 0.4) is 0 Å². The number of aliphatic hydroxyl groups is 1. The molecule has 1 aliphatic rings. The summed E-state index contributed by atoms with van der Waals surface area (Å²) in [6.45, 7) is 0.370. The molecule has 1 nitrogen and oxygen atoms in total. The van der Waals surface area contributed by atoms with Gasteiger partial charge in [0.05, 0.1) is 0 Å². The molecule has 0 bridgehead atoms. The van der Waals surface area contributed by atoms with Gasteiger partial charge < -0.3 is 5.11 Å². The average molecular weight is 216 g/mol. The van der Waals surface area contributed by atoms with Gasteiger partial charge in [0.15, 0.2) is 0 Å². The summed E-state index contributed by atoms with van der Waals surface area (Å²) in [6.07, 6.45) is 9.39. The molecule has 1 heteroatoms. The van der Waals surface area contributed by atoms with Crippen molar-refractivity contribution in [3.63, 3.8) is 0 Å². The van der Waals surface area contributed by atoms with Gasteiger partial charge in [-0.15, -0.1) is 0 Å². The Morgan fingerprint density at radius 3 is 2.38 bits per heavy atom. The third-order valence-corrected chi connectivity index (χ3v) is 3.51. The van der Waals surface area contributed by atoms with Crippen molar-refractivity contribution in [2.75, 3.05) is 6.61 Å². The van der Waals surface area contributed by atoms with Crippen molar-refractivity contribution >= 4 is 6.08 Å². The van der Waals surface area contributed by atoms with E-state index in [1.807, 2.05) is 6.07 Å². The van der Waals surface area contributed by atoms with Gasteiger partial charge in [0, 0.05) is 6.61 Å². The molecule has 0 unspecified atom stereocenters. The summed E-state index contributed by atoms with van der Waals surface area (Å²) < 4.78 is 0. The first-order valence-corrected chi connectivity index (χ1v) is 6.22. The van der Waals surface area contributed by atoms with Crippen molar-refractivity contribution < 1.29 is 5.11 Å². The Labute approximate surface area is 97.8 Å². The van der Waals surface area contributed by atoms with E-state index in [0.29, 0.717) is 18.4 Å². The second-order valence-electron chi connectivity index (χ2n) is 4.73. The highest BCUT2D eigenvalue weighted by Gasteiger charge is 2.18. The molecule has 2 rings (SSSR count). The quantitative estimate of drug-likeness (QED) is 0.820. The molecule has 1 N–H and O–H groups in total. The largest absolute Gasteiger partial charge is 0.396 e. The topological polar surface area (TPSA) is 20.2 Å². The number of rotatable bonds is 3. The van der Waals surface area contributed by atoms with Gasteiger partial charge in [-0.1, -0.05) is 42.5 Å².